The average molecular weight is 500 g/mol. The lowest BCUT2D eigenvalue weighted by atomic mass is 9.98. The number of anilines is 3. The first-order valence-electron chi connectivity index (χ1n) is 11.9. The number of benzene rings is 2. The van der Waals surface area contributed by atoms with E-state index in [0.717, 1.165) is 31.6 Å². The molecule has 2 fully saturated rings. The first-order chi connectivity index (χ1) is 16.7. The highest BCUT2D eigenvalue weighted by Gasteiger charge is 2.25. The molecule has 4 rings (SSSR count). The third-order valence-corrected chi connectivity index (χ3v) is 7.13. The summed E-state index contributed by atoms with van der Waals surface area (Å²) in [6, 6.07) is 9.90. The summed E-state index contributed by atoms with van der Waals surface area (Å²) in [5, 5.41) is 15.0. The van der Waals surface area contributed by atoms with Crippen LogP contribution in [-0.2, 0) is 4.79 Å². The Morgan fingerprint density at radius 2 is 1.60 bits per heavy atom. The fraction of sp³-hybridized carbons (Fsp3) is 0.440. The number of carbonyl (C=O) groups excluding carboxylic acids is 2. The molecule has 2 amide bonds. The normalized spacial score (nSPS) is 16.8. The Labute approximate surface area is 209 Å². The van der Waals surface area contributed by atoms with Gasteiger partial charge in [-0.1, -0.05) is 18.5 Å². The van der Waals surface area contributed by atoms with Crippen LogP contribution in [0.25, 0.3) is 0 Å². The number of nitrogens with one attached hydrogen (secondary N) is 1. The molecule has 186 valence electrons. The molecule has 2 heterocycles. The zero-order chi connectivity index (χ0) is 25.1. The molecule has 0 aliphatic carbocycles. The number of rotatable bonds is 5. The van der Waals surface area contributed by atoms with Crippen molar-refractivity contribution in [2.24, 2.45) is 5.92 Å². The van der Waals surface area contributed by atoms with Gasteiger partial charge in [0.15, 0.2) is 0 Å². The minimum Gasteiger partial charge on any atom is -0.367 e. The lowest BCUT2D eigenvalue weighted by molar-refractivity contribution is -0.384. The van der Waals surface area contributed by atoms with E-state index in [4.69, 9.17) is 11.6 Å². The van der Waals surface area contributed by atoms with Gasteiger partial charge in [-0.05, 0) is 49.1 Å². The largest absolute Gasteiger partial charge is 0.367 e. The number of piperidine rings is 1. The van der Waals surface area contributed by atoms with E-state index in [2.05, 4.69) is 17.1 Å². The molecule has 10 heteroatoms. The highest BCUT2D eigenvalue weighted by molar-refractivity contribution is 6.33. The van der Waals surface area contributed by atoms with Crippen LogP contribution in [0.1, 0.15) is 37.0 Å². The molecular formula is C25H30ClN5O4. The van der Waals surface area contributed by atoms with Gasteiger partial charge in [-0.3, -0.25) is 19.7 Å². The van der Waals surface area contributed by atoms with Crippen LogP contribution in [0.3, 0.4) is 0 Å². The SMILES string of the molecule is CC(=O)N1CCN(c2ccc(NC(=O)c3ccc(N4CCC(C)CC4)c([N+](=O)[O-])c3)cc2Cl)CC1. The molecule has 0 unspecified atom stereocenters. The number of nitrogens with zero attached hydrogens (tertiary/aromatic N) is 4. The maximum absolute atomic E-state index is 12.9. The third kappa shape index (κ3) is 5.67. The molecule has 2 aromatic carbocycles. The first kappa shape index (κ1) is 24.8. The van der Waals surface area contributed by atoms with Crippen molar-refractivity contribution >= 4 is 46.2 Å². The van der Waals surface area contributed by atoms with Crippen molar-refractivity contribution < 1.29 is 14.5 Å². The number of hydrogen-bond donors (Lipinski definition) is 1. The van der Waals surface area contributed by atoms with Crippen molar-refractivity contribution in [3.63, 3.8) is 0 Å². The van der Waals surface area contributed by atoms with Crippen LogP contribution in [0.5, 0.6) is 0 Å². The van der Waals surface area contributed by atoms with Crippen LogP contribution >= 0.6 is 11.6 Å². The lowest BCUT2D eigenvalue weighted by Crippen LogP contribution is -2.48. The standard InChI is InChI=1S/C25H30ClN5O4/c1-17-7-9-29(10-8-17)23-5-3-19(15-24(23)31(34)35)25(33)27-20-4-6-22(21(26)16-20)30-13-11-28(12-14-30)18(2)32/h3-6,15-17H,7-14H2,1-2H3,(H,27,33). The number of carbonyl (C=O) groups is 2. The van der Waals surface area contributed by atoms with E-state index in [0.29, 0.717) is 48.5 Å². The highest BCUT2D eigenvalue weighted by atomic mass is 35.5. The number of hydrogen-bond acceptors (Lipinski definition) is 6. The van der Waals surface area contributed by atoms with Crippen LogP contribution in [0, 0.1) is 16.0 Å². The van der Waals surface area contributed by atoms with Gasteiger partial charge in [0.25, 0.3) is 11.6 Å². The van der Waals surface area contributed by atoms with Gasteiger partial charge in [0.1, 0.15) is 5.69 Å². The van der Waals surface area contributed by atoms with Crippen molar-refractivity contribution in [2.75, 3.05) is 54.4 Å². The van der Waals surface area contributed by atoms with Crippen LogP contribution in [0.4, 0.5) is 22.7 Å². The zero-order valence-electron chi connectivity index (χ0n) is 20.0. The van der Waals surface area contributed by atoms with E-state index in [1.165, 1.54) is 6.07 Å². The van der Waals surface area contributed by atoms with E-state index in [1.54, 1.807) is 36.1 Å². The summed E-state index contributed by atoms with van der Waals surface area (Å²) in [7, 11) is 0. The Balaban J connectivity index is 1.45. The number of nitro benzene ring substituents is 1. The third-order valence-electron chi connectivity index (χ3n) is 6.83. The molecule has 0 atom stereocenters. The van der Waals surface area contributed by atoms with Crippen LogP contribution < -0.4 is 15.1 Å². The Morgan fingerprint density at radius 1 is 0.971 bits per heavy atom. The topological polar surface area (TPSA) is 99.0 Å². The number of piperazine rings is 1. The van der Waals surface area contributed by atoms with Gasteiger partial charge in [0.2, 0.25) is 5.91 Å². The smallest absolute Gasteiger partial charge is 0.293 e. The second-order valence-electron chi connectivity index (χ2n) is 9.24. The van der Waals surface area contributed by atoms with Gasteiger partial charge in [-0.2, -0.15) is 0 Å². The molecule has 2 saturated heterocycles. The van der Waals surface area contributed by atoms with E-state index in [9.17, 15) is 19.7 Å². The van der Waals surface area contributed by atoms with Gasteiger partial charge < -0.3 is 20.0 Å². The lowest BCUT2D eigenvalue weighted by Gasteiger charge is -2.36. The summed E-state index contributed by atoms with van der Waals surface area (Å²) >= 11 is 6.51. The van der Waals surface area contributed by atoms with Gasteiger partial charge in [-0.15, -0.1) is 0 Å². The fourth-order valence-corrected chi connectivity index (χ4v) is 4.93. The molecule has 0 aromatic heterocycles. The number of nitro groups is 1. The summed E-state index contributed by atoms with van der Waals surface area (Å²) in [6.45, 7) is 7.91. The van der Waals surface area contributed by atoms with Gasteiger partial charge in [0, 0.05) is 63.5 Å². The molecule has 1 N–H and O–H groups in total. The van der Waals surface area contributed by atoms with Gasteiger partial charge >= 0.3 is 0 Å². The summed E-state index contributed by atoms with van der Waals surface area (Å²) in [5.74, 6) is 0.233. The zero-order valence-corrected chi connectivity index (χ0v) is 20.8. The molecule has 0 radical (unpaired) electrons. The van der Waals surface area contributed by atoms with Gasteiger partial charge in [-0.25, -0.2) is 0 Å². The molecule has 0 spiro atoms. The van der Waals surface area contributed by atoms with Crippen molar-refractivity contribution in [2.45, 2.75) is 26.7 Å². The molecule has 35 heavy (non-hydrogen) atoms. The molecule has 2 aliphatic rings. The highest BCUT2D eigenvalue weighted by Crippen LogP contribution is 2.33. The monoisotopic (exact) mass is 499 g/mol. The summed E-state index contributed by atoms with van der Waals surface area (Å²) < 4.78 is 0. The van der Waals surface area contributed by atoms with E-state index >= 15 is 0 Å². The van der Waals surface area contributed by atoms with Crippen molar-refractivity contribution in [1.29, 1.82) is 0 Å². The van der Waals surface area contributed by atoms with Crippen molar-refractivity contribution in [3.8, 4) is 0 Å². The Hall–Kier alpha value is -3.33. The van der Waals surface area contributed by atoms with Crippen molar-refractivity contribution in [3.05, 3.63) is 57.1 Å². The Bertz CT molecular complexity index is 1120. The summed E-state index contributed by atoms with van der Waals surface area (Å²) in [5.41, 5.74) is 2.04. The van der Waals surface area contributed by atoms with Crippen LogP contribution in [-0.4, -0.2) is 60.9 Å². The minimum absolute atomic E-state index is 0.0626. The van der Waals surface area contributed by atoms with Gasteiger partial charge in [0.05, 0.1) is 15.6 Å². The van der Waals surface area contributed by atoms with E-state index in [1.807, 2.05) is 11.0 Å². The predicted octanol–water partition coefficient (Wildman–Crippen LogP) is 4.41. The molecule has 0 saturated carbocycles. The number of amides is 2. The predicted molar refractivity (Wildman–Crippen MR) is 138 cm³/mol. The molecule has 2 aromatic rings. The maximum atomic E-state index is 12.9. The summed E-state index contributed by atoms with van der Waals surface area (Å²) in [6.07, 6.45) is 1.98. The maximum Gasteiger partial charge on any atom is 0.293 e. The van der Waals surface area contributed by atoms with E-state index in [-0.39, 0.29) is 17.2 Å². The van der Waals surface area contributed by atoms with Crippen molar-refractivity contribution in [1.82, 2.24) is 4.90 Å². The Kier molecular flexibility index (Phi) is 7.45. The summed E-state index contributed by atoms with van der Waals surface area (Å²) in [4.78, 5) is 41.7. The molecule has 9 nitrogen and oxygen atoms in total. The second-order valence-corrected chi connectivity index (χ2v) is 9.65. The molecular weight excluding hydrogens is 470 g/mol. The quantitative estimate of drug-likeness (QED) is 0.483. The second kappa shape index (κ2) is 10.5. The average Bonchev–Trinajstić information content (AvgIpc) is 2.84. The van der Waals surface area contributed by atoms with Crippen LogP contribution in [0.15, 0.2) is 36.4 Å². The number of halogens is 1. The van der Waals surface area contributed by atoms with Crippen LogP contribution in [0.2, 0.25) is 5.02 Å². The Morgan fingerprint density at radius 3 is 2.20 bits per heavy atom. The minimum atomic E-state index is -0.439. The molecule has 2 aliphatic heterocycles. The molecule has 0 bridgehead atoms. The van der Waals surface area contributed by atoms with E-state index < -0.39 is 10.8 Å². The first-order valence-corrected chi connectivity index (χ1v) is 12.3. The fourth-order valence-electron chi connectivity index (χ4n) is 4.63.